The number of nitrogen functional groups attached to an aromatic ring is 1. The highest BCUT2D eigenvalue weighted by atomic mass is 19.4. The molecule has 114 valence electrons. The molecule has 0 fully saturated rings. The van der Waals surface area contributed by atoms with E-state index in [1.807, 2.05) is 19.3 Å². The van der Waals surface area contributed by atoms with Gasteiger partial charge >= 0.3 is 6.18 Å². The van der Waals surface area contributed by atoms with Crippen molar-refractivity contribution in [1.29, 1.82) is 0 Å². The minimum Gasteiger partial charge on any atom is -0.476 e. The molecule has 0 saturated heterocycles. The number of alkyl halides is 3. The lowest BCUT2D eigenvalue weighted by molar-refractivity contribution is -0.141. The number of hydrazine groups is 1. The van der Waals surface area contributed by atoms with E-state index in [0.717, 1.165) is 19.2 Å². The average molecular weight is 293 g/mol. The topological polar surface area (TPSA) is 76.3 Å². The molecule has 1 heterocycles. The number of likely N-dealkylation sites (N-methyl/N-ethyl adjacent to an activating group) is 1. The van der Waals surface area contributed by atoms with E-state index in [0.29, 0.717) is 6.54 Å². The Balaban J connectivity index is 2.74. The zero-order valence-electron chi connectivity index (χ0n) is 11.4. The highest BCUT2D eigenvalue weighted by Gasteiger charge is 2.34. The Bertz CT molecular complexity index is 423. The summed E-state index contributed by atoms with van der Waals surface area (Å²) in [5, 5.41) is 0. The second kappa shape index (κ2) is 7.25. The Morgan fingerprint density at radius 1 is 1.30 bits per heavy atom. The van der Waals surface area contributed by atoms with Gasteiger partial charge in [0.1, 0.15) is 6.61 Å². The smallest absolute Gasteiger partial charge is 0.433 e. The minimum absolute atomic E-state index is 0.160. The lowest BCUT2D eigenvalue weighted by atomic mass is 10.4. The van der Waals surface area contributed by atoms with Gasteiger partial charge in [-0.05, 0) is 13.1 Å². The number of rotatable bonds is 7. The Labute approximate surface area is 115 Å². The summed E-state index contributed by atoms with van der Waals surface area (Å²) in [6.07, 6.45) is -4.58. The van der Waals surface area contributed by atoms with Crippen LogP contribution in [0.5, 0.6) is 5.88 Å². The zero-order valence-corrected chi connectivity index (χ0v) is 11.4. The Morgan fingerprint density at radius 3 is 2.45 bits per heavy atom. The molecule has 0 aliphatic carbocycles. The molecule has 0 radical (unpaired) electrons. The maximum absolute atomic E-state index is 12.6. The van der Waals surface area contributed by atoms with Crippen molar-refractivity contribution in [3.8, 4) is 5.88 Å². The lowest BCUT2D eigenvalue weighted by Gasteiger charge is -2.18. The van der Waals surface area contributed by atoms with Gasteiger partial charge in [-0.2, -0.15) is 18.2 Å². The molecule has 0 unspecified atom stereocenters. The predicted octanol–water partition coefficient (Wildman–Crippen LogP) is 1.50. The Hall–Kier alpha value is -1.61. The SMILES string of the molecule is CCN(CC)CCOc1cc(C(F)(F)F)nc(NN)n1. The van der Waals surface area contributed by atoms with Gasteiger partial charge in [-0.15, -0.1) is 0 Å². The average Bonchev–Trinajstić information content (AvgIpc) is 2.42. The highest BCUT2D eigenvalue weighted by Crippen LogP contribution is 2.30. The number of hydrogen-bond donors (Lipinski definition) is 2. The van der Waals surface area contributed by atoms with E-state index < -0.39 is 11.9 Å². The van der Waals surface area contributed by atoms with Crippen molar-refractivity contribution in [2.75, 3.05) is 31.7 Å². The van der Waals surface area contributed by atoms with Crippen molar-refractivity contribution < 1.29 is 17.9 Å². The summed E-state index contributed by atoms with van der Waals surface area (Å²) in [6.45, 7) is 6.50. The van der Waals surface area contributed by atoms with Crippen molar-refractivity contribution in [2.24, 2.45) is 5.84 Å². The summed E-state index contributed by atoms with van der Waals surface area (Å²) in [5.74, 6) is 4.55. The van der Waals surface area contributed by atoms with E-state index in [-0.39, 0.29) is 18.4 Å². The molecule has 0 atom stereocenters. The molecule has 6 nitrogen and oxygen atoms in total. The van der Waals surface area contributed by atoms with E-state index in [9.17, 15) is 13.2 Å². The van der Waals surface area contributed by atoms with Crippen molar-refractivity contribution in [2.45, 2.75) is 20.0 Å². The second-order valence-corrected chi connectivity index (χ2v) is 3.93. The van der Waals surface area contributed by atoms with Crippen LogP contribution in [0.25, 0.3) is 0 Å². The molecule has 9 heteroatoms. The molecule has 0 bridgehead atoms. The van der Waals surface area contributed by atoms with Gasteiger partial charge < -0.3 is 9.64 Å². The zero-order chi connectivity index (χ0) is 15.2. The molecular formula is C11H18F3N5O. The van der Waals surface area contributed by atoms with Gasteiger partial charge in [0.15, 0.2) is 5.69 Å². The number of ether oxygens (including phenoxy) is 1. The van der Waals surface area contributed by atoms with Crippen LogP contribution in [0.2, 0.25) is 0 Å². The number of anilines is 1. The quantitative estimate of drug-likeness (QED) is 0.586. The minimum atomic E-state index is -4.58. The van der Waals surface area contributed by atoms with Crippen LogP contribution in [0.1, 0.15) is 19.5 Å². The van der Waals surface area contributed by atoms with Crippen molar-refractivity contribution in [3.63, 3.8) is 0 Å². The first-order chi connectivity index (χ1) is 9.40. The first kappa shape index (κ1) is 16.4. The standard InChI is InChI=1S/C11H18F3N5O/c1-3-19(4-2)5-6-20-9-7-8(11(12,13)14)16-10(17-9)18-15/h7H,3-6,15H2,1-2H3,(H,16,17,18). The van der Waals surface area contributed by atoms with Crippen LogP contribution < -0.4 is 16.0 Å². The van der Waals surface area contributed by atoms with E-state index in [2.05, 4.69) is 14.9 Å². The monoisotopic (exact) mass is 293 g/mol. The van der Waals surface area contributed by atoms with Crippen LogP contribution >= 0.6 is 0 Å². The Morgan fingerprint density at radius 2 is 1.95 bits per heavy atom. The van der Waals surface area contributed by atoms with Crippen LogP contribution in [0, 0.1) is 0 Å². The summed E-state index contributed by atoms with van der Waals surface area (Å²) >= 11 is 0. The summed E-state index contributed by atoms with van der Waals surface area (Å²) in [6, 6.07) is 0.753. The normalized spacial score (nSPS) is 11.8. The molecule has 0 amide bonds. The summed E-state index contributed by atoms with van der Waals surface area (Å²) in [5.41, 5.74) is 0.890. The van der Waals surface area contributed by atoms with Crippen LogP contribution in [-0.2, 0) is 6.18 Å². The first-order valence-corrected chi connectivity index (χ1v) is 6.18. The molecule has 0 aliphatic rings. The molecule has 0 aliphatic heterocycles. The lowest BCUT2D eigenvalue weighted by Crippen LogP contribution is -2.28. The second-order valence-electron chi connectivity index (χ2n) is 3.93. The molecule has 1 rings (SSSR count). The molecule has 0 spiro atoms. The van der Waals surface area contributed by atoms with Crippen LogP contribution in [0.15, 0.2) is 6.07 Å². The van der Waals surface area contributed by atoms with E-state index in [1.54, 1.807) is 0 Å². The summed E-state index contributed by atoms with van der Waals surface area (Å²) in [7, 11) is 0. The van der Waals surface area contributed by atoms with Crippen LogP contribution in [0.4, 0.5) is 19.1 Å². The third-order valence-corrected chi connectivity index (χ3v) is 2.67. The third kappa shape index (κ3) is 4.82. The van der Waals surface area contributed by atoms with Gasteiger partial charge in [-0.1, -0.05) is 13.8 Å². The van der Waals surface area contributed by atoms with E-state index in [1.165, 1.54) is 0 Å². The van der Waals surface area contributed by atoms with Gasteiger partial charge in [0, 0.05) is 12.6 Å². The first-order valence-electron chi connectivity index (χ1n) is 6.18. The maximum Gasteiger partial charge on any atom is 0.433 e. The summed E-state index contributed by atoms with van der Waals surface area (Å²) < 4.78 is 43.1. The van der Waals surface area contributed by atoms with E-state index >= 15 is 0 Å². The number of halogens is 3. The molecule has 3 N–H and O–H groups in total. The molecule has 20 heavy (non-hydrogen) atoms. The van der Waals surface area contributed by atoms with Gasteiger partial charge in [0.05, 0.1) is 0 Å². The van der Waals surface area contributed by atoms with Crippen LogP contribution in [-0.4, -0.2) is 41.1 Å². The number of hydrogen-bond acceptors (Lipinski definition) is 6. The number of nitrogens with two attached hydrogens (primary N) is 1. The molecule has 1 aromatic heterocycles. The maximum atomic E-state index is 12.6. The molecular weight excluding hydrogens is 275 g/mol. The van der Waals surface area contributed by atoms with Gasteiger partial charge in [0.25, 0.3) is 0 Å². The fraction of sp³-hybridized carbons (Fsp3) is 0.636. The highest BCUT2D eigenvalue weighted by molar-refractivity contribution is 5.30. The van der Waals surface area contributed by atoms with E-state index in [4.69, 9.17) is 10.6 Å². The third-order valence-electron chi connectivity index (χ3n) is 2.67. The number of nitrogens with zero attached hydrogens (tertiary/aromatic N) is 3. The fourth-order valence-corrected chi connectivity index (χ4v) is 1.53. The fourth-order valence-electron chi connectivity index (χ4n) is 1.53. The number of aromatic nitrogens is 2. The predicted molar refractivity (Wildman–Crippen MR) is 68.1 cm³/mol. The molecule has 0 saturated carbocycles. The van der Waals surface area contributed by atoms with Crippen molar-refractivity contribution >= 4 is 5.95 Å². The van der Waals surface area contributed by atoms with Gasteiger partial charge in [0.2, 0.25) is 11.8 Å². The van der Waals surface area contributed by atoms with Crippen LogP contribution in [0.3, 0.4) is 0 Å². The van der Waals surface area contributed by atoms with Crippen molar-refractivity contribution in [3.05, 3.63) is 11.8 Å². The van der Waals surface area contributed by atoms with Crippen molar-refractivity contribution in [1.82, 2.24) is 14.9 Å². The Kier molecular flexibility index (Phi) is 5.96. The van der Waals surface area contributed by atoms with Gasteiger partial charge in [-0.25, -0.2) is 10.8 Å². The molecule has 0 aromatic carbocycles. The number of nitrogens with one attached hydrogen (secondary N) is 1. The van der Waals surface area contributed by atoms with Gasteiger partial charge in [-0.3, -0.25) is 5.43 Å². The largest absolute Gasteiger partial charge is 0.476 e. The summed E-state index contributed by atoms with van der Waals surface area (Å²) in [4.78, 5) is 9.04. The molecule has 1 aromatic rings.